The van der Waals surface area contributed by atoms with E-state index >= 15 is 0 Å². The maximum atomic E-state index is 6.10. The van der Waals surface area contributed by atoms with Crippen LogP contribution in [0.5, 0.6) is 0 Å². The summed E-state index contributed by atoms with van der Waals surface area (Å²) < 4.78 is 1.15. The predicted molar refractivity (Wildman–Crippen MR) is 70.5 cm³/mol. The second-order valence-electron chi connectivity index (χ2n) is 4.86. The summed E-state index contributed by atoms with van der Waals surface area (Å²) >= 11 is 3.57. The first-order valence-electron chi connectivity index (χ1n) is 5.71. The third-order valence-electron chi connectivity index (χ3n) is 3.45. The summed E-state index contributed by atoms with van der Waals surface area (Å²) in [4.78, 5) is 3.45. The zero-order valence-corrected chi connectivity index (χ0v) is 10.7. The van der Waals surface area contributed by atoms with Gasteiger partial charge in [0.05, 0.1) is 0 Å². The van der Waals surface area contributed by atoms with Gasteiger partial charge in [-0.25, -0.2) is 0 Å². The van der Waals surface area contributed by atoms with E-state index in [9.17, 15) is 0 Å². The molecule has 1 heterocycles. The number of rotatable bonds is 3. The van der Waals surface area contributed by atoms with Crippen molar-refractivity contribution < 1.29 is 0 Å². The number of fused-ring (bicyclic) bond motifs is 1. The van der Waals surface area contributed by atoms with Gasteiger partial charge in [-0.05, 0) is 43.9 Å². The molecule has 0 radical (unpaired) electrons. The molecular formula is C13H15BrN2. The molecule has 0 bridgehead atoms. The van der Waals surface area contributed by atoms with Crippen LogP contribution in [0.1, 0.15) is 25.0 Å². The van der Waals surface area contributed by atoms with E-state index < -0.39 is 0 Å². The number of aromatic nitrogens is 1. The number of hydrogen-bond acceptors (Lipinski definition) is 1. The minimum absolute atomic E-state index is 0.147. The van der Waals surface area contributed by atoms with Crippen LogP contribution in [0.2, 0.25) is 0 Å². The van der Waals surface area contributed by atoms with Crippen molar-refractivity contribution in [3.05, 3.63) is 34.4 Å². The van der Waals surface area contributed by atoms with E-state index in [2.05, 4.69) is 45.2 Å². The van der Waals surface area contributed by atoms with Gasteiger partial charge in [0.25, 0.3) is 0 Å². The van der Waals surface area contributed by atoms with Crippen LogP contribution in [0.3, 0.4) is 0 Å². The molecule has 2 nitrogen and oxygen atoms in total. The maximum absolute atomic E-state index is 6.10. The summed E-state index contributed by atoms with van der Waals surface area (Å²) in [5.41, 5.74) is 8.73. The Kier molecular flexibility index (Phi) is 2.33. The van der Waals surface area contributed by atoms with Crippen molar-refractivity contribution in [3.63, 3.8) is 0 Å². The van der Waals surface area contributed by atoms with E-state index in [0.717, 1.165) is 17.3 Å². The second-order valence-corrected chi connectivity index (χ2v) is 5.71. The summed E-state index contributed by atoms with van der Waals surface area (Å²) in [6.07, 6.45) is 4.53. The molecule has 3 rings (SSSR count). The van der Waals surface area contributed by atoms with Crippen molar-refractivity contribution in [1.29, 1.82) is 0 Å². The van der Waals surface area contributed by atoms with E-state index in [4.69, 9.17) is 5.73 Å². The fourth-order valence-corrected chi connectivity index (χ4v) is 2.59. The Morgan fingerprint density at radius 2 is 2.19 bits per heavy atom. The number of H-pyrrole nitrogens is 1. The van der Waals surface area contributed by atoms with Gasteiger partial charge in [0.15, 0.2) is 0 Å². The third-order valence-corrected chi connectivity index (χ3v) is 4.14. The van der Waals surface area contributed by atoms with E-state index in [0.29, 0.717) is 0 Å². The Balaban J connectivity index is 1.85. The number of halogens is 1. The lowest BCUT2D eigenvalue weighted by molar-refractivity contribution is 0.605. The molecule has 0 spiro atoms. The van der Waals surface area contributed by atoms with Gasteiger partial charge in [-0.3, -0.25) is 0 Å². The number of nitrogens with one attached hydrogen (secondary N) is 1. The summed E-state index contributed by atoms with van der Waals surface area (Å²) in [5.74, 6) is 0. The van der Waals surface area contributed by atoms with Gasteiger partial charge in [-0.2, -0.15) is 0 Å². The average Bonchev–Trinajstić information content (AvgIpc) is 2.84. The molecule has 0 aliphatic heterocycles. The number of nitrogens with two attached hydrogens (primary N) is 1. The lowest BCUT2D eigenvalue weighted by Gasteiger charge is -2.05. The Morgan fingerprint density at radius 1 is 1.38 bits per heavy atom. The standard InChI is InChI=1S/C13H15BrN2/c14-11-2-1-3-12-10(11)8-9(16-12)4-5-13(15)6-7-13/h1-3,8,16H,4-7,15H2. The molecule has 1 aliphatic rings. The lowest BCUT2D eigenvalue weighted by atomic mass is 10.1. The summed E-state index contributed by atoms with van der Waals surface area (Å²) in [7, 11) is 0. The topological polar surface area (TPSA) is 41.8 Å². The maximum Gasteiger partial charge on any atom is 0.0467 e. The van der Waals surface area contributed by atoms with Crippen LogP contribution in [-0.4, -0.2) is 10.5 Å². The fourth-order valence-electron chi connectivity index (χ4n) is 2.10. The smallest absolute Gasteiger partial charge is 0.0467 e. The van der Waals surface area contributed by atoms with E-state index in [-0.39, 0.29) is 5.54 Å². The molecule has 0 unspecified atom stereocenters. The number of aryl methyl sites for hydroxylation is 1. The molecular weight excluding hydrogens is 264 g/mol. The molecule has 3 N–H and O–H groups in total. The van der Waals surface area contributed by atoms with Crippen molar-refractivity contribution in [3.8, 4) is 0 Å². The molecule has 84 valence electrons. The van der Waals surface area contributed by atoms with Gasteiger partial charge in [-0.1, -0.05) is 22.0 Å². The largest absolute Gasteiger partial charge is 0.358 e. The molecule has 1 aromatic carbocycles. The molecule has 0 amide bonds. The van der Waals surface area contributed by atoms with Crippen molar-refractivity contribution in [2.45, 2.75) is 31.2 Å². The Bertz CT molecular complexity index is 526. The van der Waals surface area contributed by atoms with Crippen LogP contribution in [0, 0.1) is 0 Å². The van der Waals surface area contributed by atoms with Crippen molar-refractivity contribution in [1.82, 2.24) is 4.98 Å². The van der Waals surface area contributed by atoms with Gasteiger partial charge in [0, 0.05) is 26.6 Å². The normalized spacial score (nSPS) is 17.9. The van der Waals surface area contributed by atoms with E-state index in [1.54, 1.807) is 0 Å². The first-order chi connectivity index (χ1) is 7.66. The number of hydrogen-bond donors (Lipinski definition) is 2. The molecule has 16 heavy (non-hydrogen) atoms. The minimum Gasteiger partial charge on any atom is -0.358 e. The molecule has 1 aromatic heterocycles. The zero-order chi connectivity index (χ0) is 11.2. The molecule has 2 aromatic rings. The molecule has 0 saturated heterocycles. The Hall–Kier alpha value is -0.800. The quantitative estimate of drug-likeness (QED) is 0.888. The molecule has 1 saturated carbocycles. The Labute approximate surface area is 103 Å². The van der Waals surface area contributed by atoms with Crippen LogP contribution in [-0.2, 0) is 6.42 Å². The van der Waals surface area contributed by atoms with E-state index in [1.165, 1.54) is 29.4 Å². The number of aromatic amines is 1. The molecule has 0 atom stereocenters. The monoisotopic (exact) mass is 278 g/mol. The van der Waals surface area contributed by atoms with Gasteiger partial charge in [0.2, 0.25) is 0 Å². The Morgan fingerprint density at radius 3 is 2.88 bits per heavy atom. The lowest BCUT2D eigenvalue weighted by Crippen LogP contribution is -2.22. The van der Waals surface area contributed by atoms with Crippen LogP contribution >= 0.6 is 15.9 Å². The highest BCUT2D eigenvalue weighted by molar-refractivity contribution is 9.10. The molecule has 3 heteroatoms. The number of benzene rings is 1. The second kappa shape index (κ2) is 3.60. The summed E-state index contributed by atoms with van der Waals surface area (Å²) in [6.45, 7) is 0. The van der Waals surface area contributed by atoms with E-state index in [1.807, 2.05) is 0 Å². The fraction of sp³-hybridized carbons (Fsp3) is 0.385. The zero-order valence-electron chi connectivity index (χ0n) is 9.09. The highest BCUT2D eigenvalue weighted by atomic mass is 79.9. The van der Waals surface area contributed by atoms with Gasteiger partial charge >= 0.3 is 0 Å². The van der Waals surface area contributed by atoms with Crippen molar-refractivity contribution in [2.75, 3.05) is 0 Å². The van der Waals surface area contributed by atoms with Crippen LogP contribution in [0.25, 0.3) is 10.9 Å². The van der Waals surface area contributed by atoms with Crippen LogP contribution in [0.4, 0.5) is 0 Å². The van der Waals surface area contributed by atoms with Crippen LogP contribution in [0.15, 0.2) is 28.7 Å². The van der Waals surface area contributed by atoms with Gasteiger partial charge < -0.3 is 10.7 Å². The van der Waals surface area contributed by atoms with Crippen molar-refractivity contribution >= 4 is 26.8 Å². The predicted octanol–water partition coefficient (Wildman–Crippen LogP) is 3.35. The SMILES string of the molecule is NC1(CCc2cc3c(Br)cccc3[nH]2)CC1. The molecule has 1 fully saturated rings. The highest BCUT2D eigenvalue weighted by Gasteiger charge is 2.37. The summed E-state index contributed by atoms with van der Waals surface area (Å²) in [6, 6.07) is 8.47. The van der Waals surface area contributed by atoms with Crippen molar-refractivity contribution in [2.24, 2.45) is 5.73 Å². The van der Waals surface area contributed by atoms with Gasteiger partial charge in [-0.15, -0.1) is 0 Å². The average molecular weight is 279 g/mol. The first kappa shape index (κ1) is 10.4. The summed E-state index contributed by atoms with van der Waals surface area (Å²) in [5, 5.41) is 1.26. The third kappa shape index (κ3) is 1.89. The van der Waals surface area contributed by atoms with Crippen LogP contribution < -0.4 is 5.73 Å². The minimum atomic E-state index is 0.147. The highest BCUT2D eigenvalue weighted by Crippen LogP contribution is 2.36. The first-order valence-corrected chi connectivity index (χ1v) is 6.51. The molecule has 1 aliphatic carbocycles. The van der Waals surface area contributed by atoms with Gasteiger partial charge in [0.1, 0.15) is 0 Å².